The van der Waals surface area contributed by atoms with Crippen molar-refractivity contribution in [3.8, 4) is 0 Å². The second kappa shape index (κ2) is 14.2. The molecule has 0 saturated heterocycles. The van der Waals surface area contributed by atoms with Crippen molar-refractivity contribution in [1.29, 1.82) is 0 Å². The first-order valence-corrected chi connectivity index (χ1v) is 25.1. The molecule has 0 aromatic rings. The van der Waals surface area contributed by atoms with Gasteiger partial charge in [-0.2, -0.15) is 0 Å². The van der Waals surface area contributed by atoms with Crippen LogP contribution in [0, 0.1) is 0 Å². The first kappa shape index (κ1) is 24.0. The third-order valence-electron chi connectivity index (χ3n) is 3.77. The molecule has 0 spiro atoms. The Morgan fingerprint density at radius 3 is 1.00 bits per heavy atom. The van der Waals surface area contributed by atoms with Gasteiger partial charge in [0.05, 0.1) is 0 Å². The third-order valence-corrected chi connectivity index (χ3v) is 32.9. The average Bonchev–Trinajstić information content (AvgIpc) is 2.36. The molecule has 0 atom stereocenters. The van der Waals surface area contributed by atoms with E-state index in [4.69, 9.17) is 0 Å². The third kappa shape index (κ3) is 22.0. The topological polar surface area (TPSA) is 0 Å². The molecule has 130 valence electrons. The van der Waals surface area contributed by atoms with Crippen molar-refractivity contribution in [3.05, 3.63) is 0 Å². The second-order valence-corrected chi connectivity index (χ2v) is 32.0. The van der Waals surface area contributed by atoms with Crippen LogP contribution >= 0.6 is 0 Å². The average molecular weight is 552 g/mol. The second-order valence-electron chi connectivity index (χ2n) is 9.30. The summed E-state index contributed by atoms with van der Waals surface area (Å²) < 4.78 is 6.74. The van der Waals surface area contributed by atoms with E-state index in [9.17, 15) is 0 Å². The number of hydrogen-bond donors (Lipinski definition) is 0. The van der Waals surface area contributed by atoms with Crippen molar-refractivity contribution in [1.82, 2.24) is 0 Å². The molecule has 0 nitrogen and oxygen atoms in total. The van der Waals surface area contributed by atoms with E-state index >= 15 is 0 Å². The van der Waals surface area contributed by atoms with Crippen molar-refractivity contribution in [2.45, 2.75) is 108 Å². The molecule has 0 rings (SSSR count). The van der Waals surface area contributed by atoms with E-state index in [1.54, 1.807) is 29.8 Å². The Labute approximate surface area is 164 Å². The fourth-order valence-electron chi connectivity index (χ4n) is 2.49. The summed E-state index contributed by atoms with van der Waals surface area (Å²) in [6.45, 7) is 15.3. The standard InChI is InChI=1S/C10H20.2C4H11Si.2Sn/c1-3-5-7-9-10-8-6-4-2;2*1-5(2,3)4;;/h1-10H2;2*1H2,2-4H3;;. The van der Waals surface area contributed by atoms with Crippen LogP contribution in [0.1, 0.15) is 51.4 Å². The van der Waals surface area contributed by atoms with Gasteiger partial charge >= 0.3 is 166 Å². The summed E-state index contributed by atoms with van der Waals surface area (Å²) >= 11 is 0.0882. The summed E-state index contributed by atoms with van der Waals surface area (Å²) in [5.74, 6) is 0. The molecule has 0 saturated carbocycles. The molecule has 4 heteroatoms. The number of unbranched alkanes of at least 4 members (excludes halogenated alkanes) is 7. The van der Waals surface area contributed by atoms with Crippen LogP contribution < -0.4 is 0 Å². The Kier molecular flexibility index (Phi) is 15.5. The maximum atomic E-state index is 2.54. The summed E-state index contributed by atoms with van der Waals surface area (Å²) in [6, 6.07) is 0. The summed E-state index contributed by atoms with van der Waals surface area (Å²) in [5, 5.41) is 0. The van der Waals surface area contributed by atoms with E-state index in [2.05, 4.69) is 39.3 Å². The SMILES string of the molecule is C[Si](C)(C)[CH2][Sn][CH2]CCCCCCCC[CH2][Sn][CH2][Si](C)(C)C. The molecule has 0 bridgehead atoms. The molecule has 0 aliphatic carbocycles. The fraction of sp³-hybridized carbons (Fsp3) is 1.00. The molecule has 4 radical (unpaired) electrons. The zero-order valence-corrected chi connectivity index (χ0v) is 24.2. The molecule has 0 fully saturated rings. The molecule has 0 amide bonds. The van der Waals surface area contributed by atoms with Gasteiger partial charge in [0, 0.05) is 0 Å². The van der Waals surface area contributed by atoms with Gasteiger partial charge in [-0.05, 0) is 0 Å². The zero-order valence-electron chi connectivity index (χ0n) is 16.5. The van der Waals surface area contributed by atoms with Gasteiger partial charge in [-0.1, -0.05) is 0 Å². The Morgan fingerprint density at radius 2 is 0.727 bits per heavy atom. The minimum absolute atomic E-state index is 0.0441. The predicted molar refractivity (Wildman–Crippen MR) is 114 cm³/mol. The Morgan fingerprint density at radius 1 is 0.455 bits per heavy atom. The normalized spacial score (nSPS) is 12.8. The number of hydrogen-bond acceptors (Lipinski definition) is 0. The van der Waals surface area contributed by atoms with Crippen LogP contribution in [-0.2, 0) is 0 Å². The summed E-state index contributed by atoms with van der Waals surface area (Å²) in [7, 11) is -1.37. The Bertz CT molecular complexity index is 218. The van der Waals surface area contributed by atoms with E-state index < -0.39 is 16.1 Å². The van der Waals surface area contributed by atoms with Crippen LogP contribution in [0.5, 0.6) is 0 Å². The van der Waals surface area contributed by atoms with Gasteiger partial charge in [-0.15, -0.1) is 0 Å². The van der Waals surface area contributed by atoms with Crippen molar-refractivity contribution in [3.63, 3.8) is 0 Å². The van der Waals surface area contributed by atoms with Gasteiger partial charge in [0.25, 0.3) is 0 Å². The molecule has 0 aliphatic heterocycles. The monoisotopic (exact) mass is 554 g/mol. The molecule has 22 heavy (non-hydrogen) atoms. The summed E-state index contributed by atoms with van der Waals surface area (Å²) in [6.07, 6.45) is 12.3. The van der Waals surface area contributed by atoms with E-state index in [1.807, 2.05) is 0 Å². The van der Waals surface area contributed by atoms with Crippen LogP contribution in [0.4, 0.5) is 0 Å². The van der Waals surface area contributed by atoms with E-state index in [0.717, 1.165) is 0 Å². The van der Waals surface area contributed by atoms with Gasteiger partial charge in [-0.3, -0.25) is 0 Å². The van der Waals surface area contributed by atoms with Gasteiger partial charge in [0.2, 0.25) is 0 Å². The molecular weight excluding hydrogens is 510 g/mol. The summed E-state index contributed by atoms with van der Waals surface area (Å²) in [4.78, 5) is 0. The Balaban J connectivity index is 3.09. The molecule has 0 N–H and O–H groups in total. The van der Waals surface area contributed by atoms with Crippen molar-refractivity contribution in [2.75, 3.05) is 0 Å². The van der Waals surface area contributed by atoms with Crippen LogP contribution in [0.2, 0.25) is 56.3 Å². The number of rotatable bonds is 15. The molecule has 0 heterocycles. The van der Waals surface area contributed by atoms with Crippen molar-refractivity contribution < 1.29 is 0 Å². The van der Waals surface area contributed by atoms with Crippen LogP contribution in [0.15, 0.2) is 0 Å². The van der Waals surface area contributed by atoms with Crippen LogP contribution in [0.25, 0.3) is 0 Å². The minimum atomic E-state index is -0.687. The Hall–Kier alpha value is 2.03. The van der Waals surface area contributed by atoms with Gasteiger partial charge in [0.1, 0.15) is 0 Å². The van der Waals surface area contributed by atoms with Crippen molar-refractivity contribution in [2.24, 2.45) is 0 Å². The fourth-order valence-corrected chi connectivity index (χ4v) is 23.1. The first-order chi connectivity index (χ1) is 10.2. The molecule has 0 unspecified atom stereocenters. The quantitative estimate of drug-likeness (QED) is 0.153. The van der Waals surface area contributed by atoms with Gasteiger partial charge < -0.3 is 0 Å². The zero-order chi connectivity index (χ0) is 16.9. The first-order valence-electron chi connectivity index (χ1n) is 9.62. The van der Waals surface area contributed by atoms with Crippen LogP contribution in [-0.4, -0.2) is 58.4 Å². The van der Waals surface area contributed by atoms with Crippen LogP contribution in [0.3, 0.4) is 0 Å². The van der Waals surface area contributed by atoms with E-state index in [-0.39, 0.29) is 42.3 Å². The molecule has 0 aromatic heterocycles. The molecule has 0 aromatic carbocycles. The van der Waals surface area contributed by atoms with Gasteiger partial charge in [0.15, 0.2) is 0 Å². The van der Waals surface area contributed by atoms with Crippen molar-refractivity contribution >= 4 is 58.4 Å². The predicted octanol–water partition coefficient (Wildman–Crippen LogP) is 6.94. The van der Waals surface area contributed by atoms with E-state index in [1.165, 1.54) is 38.5 Å². The molecule has 0 aliphatic rings. The molecular formula is C18H42Si2Sn2. The maximum absolute atomic E-state index is 2.54. The van der Waals surface area contributed by atoms with Gasteiger partial charge in [-0.25, -0.2) is 0 Å². The summed E-state index contributed by atoms with van der Waals surface area (Å²) in [5.41, 5.74) is 0. The van der Waals surface area contributed by atoms with E-state index in [0.29, 0.717) is 0 Å².